The third kappa shape index (κ3) is 3.65. The topological polar surface area (TPSA) is 73.8 Å². The fourth-order valence-corrected chi connectivity index (χ4v) is 4.55. The number of hydrogen-bond donors (Lipinski definition) is 0. The molecule has 0 saturated heterocycles. The van der Waals surface area contributed by atoms with Crippen LogP contribution in [0.2, 0.25) is 0 Å². The minimum Gasteiger partial charge on any atom is -0.465 e. The van der Waals surface area contributed by atoms with Crippen molar-refractivity contribution in [2.75, 3.05) is 6.61 Å². The molecule has 0 N–H and O–H groups in total. The Labute approximate surface area is 178 Å². The van der Waals surface area contributed by atoms with Gasteiger partial charge in [0, 0.05) is 10.5 Å². The molecule has 1 aliphatic rings. The van der Waals surface area contributed by atoms with E-state index in [1.54, 1.807) is 42.9 Å². The fourth-order valence-electron chi connectivity index (χ4n) is 3.25. The van der Waals surface area contributed by atoms with Crippen LogP contribution < -0.4 is 14.9 Å². The molecule has 0 radical (unpaired) electrons. The summed E-state index contributed by atoms with van der Waals surface area (Å²) in [7, 11) is 0. The normalized spacial score (nSPS) is 16.5. The summed E-state index contributed by atoms with van der Waals surface area (Å²) < 4.78 is 13.6. The van der Waals surface area contributed by atoms with Crippen LogP contribution in [0.5, 0.6) is 0 Å². The number of fused-ring (bicyclic) bond motifs is 1. The molecule has 4 rings (SSSR count). The number of rotatable bonds is 4. The Kier molecular flexibility index (Phi) is 5.38. The molecule has 1 aromatic carbocycles. The summed E-state index contributed by atoms with van der Waals surface area (Å²) >= 11 is 4.70. The number of ether oxygens (including phenoxy) is 1. The Bertz CT molecular complexity index is 1270. The Morgan fingerprint density at radius 1 is 1.34 bits per heavy atom. The molecule has 0 spiro atoms. The van der Waals surface area contributed by atoms with Gasteiger partial charge < -0.3 is 9.15 Å². The Balaban J connectivity index is 1.97. The van der Waals surface area contributed by atoms with Gasteiger partial charge in [-0.2, -0.15) is 0 Å². The molecule has 6 nitrogen and oxygen atoms in total. The second-order valence-electron chi connectivity index (χ2n) is 6.37. The Morgan fingerprint density at radius 3 is 2.76 bits per heavy atom. The lowest BCUT2D eigenvalue weighted by Gasteiger charge is -2.24. The van der Waals surface area contributed by atoms with Gasteiger partial charge in [0.15, 0.2) is 4.80 Å². The van der Waals surface area contributed by atoms with Crippen LogP contribution in [0.3, 0.4) is 0 Å². The second kappa shape index (κ2) is 7.96. The number of allylic oxidation sites excluding steroid dienone is 1. The van der Waals surface area contributed by atoms with Crippen molar-refractivity contribution < 1.29 is 13.9 Å². The predicted octanol–water partition coefficient (Wildman–Crippen LogP) is 3.15. The van der Waals surface area contributed by atoms with E-state index in [0.717, 1.165) is 10.0 Å². The molecule has 2 aromatic heterocycles. The third-order valence-electron chi connectivity index (χ3n) is 4.52. The standard InChI is InChI=1S/C21H17BrN2O4S/c1-3-27-20(26)17-12(2)23-21-24(18(17)13-6-8-14(22)9-7-13)19(25)16(29-21)11-15-5-4-10-28-15/h4-11,18H,3H2,1-2H3/b16-11-/t18-/m0/s1. The number of esters is 1. The van der Waals surface area contributed by atoms with E-state index in [1.165, 1.54) is 11.3 Å². The van der Waals surface area contributed by atoms with Crippen molar-refractivity contribution in [2.24, 2.45) is 4.99 Å². The maximum Gasteiger partial charge on any atom is 0.338 e. The number of thiazole rings is 1. The van der Waals surface area contributed by atoms with Gasteiger partial charge in [-0.25, -0.2) is 9.79 Å². The van der Waals surface area contributed by atoms with Crippen LogP contribution in [0.4, 0.5) is 0 Å². The fraction of sp³-hybridized carbons (Fsp3) is 0.190. The first-order valence-electron chi connectivity index (χ1n) is 8.98. The SMILES string of the molecule is CCOC(=O)C1=C(C)N=c2s/c(=C\c3ccco3)c(=O)n2[C@H]1c1ccc(Br)cc1. The molecule has 0 unspecified atom stereocenters. The van der Waals surface area contributed by atoms with Crippen LogP contribution in [0.15, 0.2) is 72.6 Å². The van der Waals surface area contributed by atoms with Crippen molar-refractivity contribution in [3.8, 4) is 0 Å². The van der Waals surface area contributed by atoms with Gasteiger partial charge >= 0.3 is 5.97 Å². The summed E-state index contributed by atoms with van der Waals surface area (Å²) in [5, 5.41) is 0. The average Bonchev–Trinajstić information content (AvgIpc) is 3.30. The number of carbonyl (C=O) groups is 1. The van der Waals surface area contributed by atoms with E-state index in [0.29, 0.717) is 26.4 Å². The minimum atomic E-state index is -0.614. The summed E-state index contributed by atoms with van der Waals surface area (Å²) in [5.74, 6) is 0.110. The van der Waals surface area contributed by atoms with Gasteiger partial charge in [0.25, 0.3) is 5.56 Å². The zero-order valence-corrected chi connectivity index (χ0v) is 18.1. The lowest BCUT2D eigenvalue weighted by molar-refractivity contribution is -0.139. The summed E-state index contributed by atoms with van der Waals surface area (Å²) in [6, 6.07) is 10.5. The first-order valence-corrected chi connectivity index (χ1v) is 10.6. The molecule has 3 aromatic rings. The quantitative estimate of drug-likeness (QED) is 0.546. The molecule has 1 atom stereocenters. The van der Waals surface area contributed by atoms with Gasteiger partial charge in [-0.1, -0.05) is 39.4 Å². The van der Waals surface area contributed by atoms with Gasteiger partial charge in [0.1, 0.15) is 5.76 Å². The lowest BCUT2D eigenvalue weighted by atomic mass is 9.96. The van der Waals surface area contributed by atoms with Crippen LogP contribution in [-0.4, -0.2) is 17.1 Å². The Morgan fingerprint density at radius 2 is 2.10 bits per heavy atom. The maximum atomic E-state index is 13.3. The van der Waals surface area contributed by atoms with Gasteiger partial charge in [-0.15, -0.1) is 0 Å². The van der Waals surface area contributed by atoms with Crippen LogP contribution in [0, 0.1) is 0 Å². The van der Waals surface area contributed by atoms with Gasteiger partial charge in [0.2, 0.25) is 0 Å². The summed E-state index contributed by atoms with van der Waals surface area (Å²) in [4.78, 5) is 31.1. The molecule has 8 heteroatoms. The summed E-state index contributed by atoms with van der Waals surface area (Å²) in [5.41, 5.74) is 1.48. The molecule has 0 saturated carbocycles. The number of aromatic nitrogens is 1. The molecular weight excluding hydrogens is 456 g/mol. The van der Waals surface area contributed by atoms with Gasteiger partial charge in [-0.3, -0.25) is 9.36 Å². The zero-order valence-electron chi connectivity index (χ0n) is 15.7. The monoisotopic (exact) mass is 472 g/mol. The van der Waals surface area contributed by atoms with Crippen LogP contribution in [-0.2, 0) is 9.53 Å². The largest absolute Gasteiger partial charge is 0.465 e. The summed E-state index contributed by atoms with van der Waals surface area (Å²) in [6.07, 6.45) is 3.24. The van der Waals surface area contributed by atoms with Crippen LogP contribution >= 0.6 is 27.3 Å². The van der Waals surface area contributed by atoms with Crippen LogP contribution in [0.1, 0.15) is 31.2 Å². The molecule has 29 heavy (non-hydrogen) atoms. The Hall–Kier alpha value is -2.71. The van der Waals surface area contributed by atoms with Crippen molar-refractivity contribution in [2.45, 2.75) is 19.9 Å². The second-order valence-corrected chi connectivity index (χ2v) is 8.29. The molecule has 0 aliphatic carbocycles. The molecule has 0 fully saturated rings. The number of halogens is 1. The number of benzene rings is 1. The van der Waals surface area contributed by atoms with Crippen molar-refractivity contribution in [3.63, 3.8) is 0 Å². The van der Waals surface area contributed by atoms with E-state index >= 15 is 0 Å². The minimum absolute atomic E-state index is 0.229. The van der Waals surface area contributed by atoms with E-state index in [9.17, 15) is 9.59 Å². The highest BCUT2D eigenvalue weighted by atomic mass is 79.9. The first kappa shape index (κ1) is 19.6. The van der Waals surface area contributed by atoms with E-state index < -0.39 is 12.0 Å². The van der Waals surface area contributed by atoms with E-state index in [2.05, 4.69) is 20.9 Å². The smallest absolute Gasteiger partial charge is 0.338 e. The molecule has 3 heterocycles. The molecule has 1 aliphatic heterocycles. The average molecular weight is 473 g/mol. The zero-order chi connectivity index (χ0) is 20.5. The highest BCUT2D eigenvalue weighted by Gasteiger charge is 2.33. The van der Waals surface area contributed by atoms with E-state index in [-0.39, 0.29) is 12.2 Å². The van der Waals surface area contributed by atoms with E-state index in [4.69, 9.17) is 9.15 Å². The number of hydrogen-bond acceptors (Lipinski definition) is 6. The number of carbonyl (C=O) groups excluding carboxylic acids is 1. The predicted molar refractivity (Wildman–Crippen MR) is 113 cm³/mol. The first-order chi connectivity index (χ1) is 14.0. The maximum absolute atomic E-state index is 13.3. The molecule has 0 amide bonds. The van der Waals surface area contributed by atoms with Gasteiger partial charge in [-0.05, 0) is 43.7 Å². The third-order valence-corrected chi connectivity index (χ3v) is 6.03. The molecular formula is C21H17BrN2O4S. The van der Waals surface area contributed by atoms with Crippen molar-refractivity contribution >= 4 is 39.3 Å². The highest BCUT2D eigenvalue weighted by Crippen LogP contribution is 2.31. The van der Waals surface area contributed by atoms with E-state index in [1.807, 2.05) is 24.3 Å². The van der Waals surface area contributed by atoms with Crippen molar-refractivity contribution in [1.29, 1.82) is 0 Å². The highest BCUT2D eigenvalue weighted by molar-refractivity contribution is 9.10. The van der Waals surface area contributed by atoms with Gasteiger partial charge in [0.05, 0.1) is 34.7 Å². The molecule has 148 valence electrons. The summed E-state index contributed by atoms with van der Waals surface area (Å²) in [6.45, 7) is 3.76. The van der Waals surface area contributed by atoms with Crippen LogP contribution in [0.25, 0.3) is 6.08 Å². The van der Waals surface area contributed by atoms with Crippen molar-refractivity contribution in [3.05, 3.63) is 89.4 Å². The lowest BCUT2D eigenvalue weighted by Crippen LogP contribution is -2.39. The number of nitrogens with zero attached hydrogens (tertiary/aromatic N) is 2. The molecule has 0 bridgehead atoms. The number of furan rings is 1. The van der Waals surface area contributed by atoms with Crippen molar-refractivity contribution in [1.82, 2.24) is 4.57 Å².